The summed E-state index contributed by atoms with van der Waals surface area (Å²) in [6.07, 6.45) is 5.85. The number of hydrogen-bond donors (Lipinski definition) is 0. The van der Waals surface area contributed by atoms with Crippen molar-refractivity contribution in [3.8, 4) is 0 Å². The number of nitrogens with zero attached hydrogens (tertiary/aromatic N) is 3. The lowest BCUT2D eigenvalue weighted by molar-refractivity contribution is 0.121. The van der Waals surface area contributed by atoms with Crippen molar-refractivity contribution in [1.82, 2.24) is 9.88 Å². The first-order chi connectivity index (χ1) is 9.90. The molecule has 4 nitrogen and oxygen atoms in total. The zero-order valence-corrected chi connectivity index (χ0v) is 12.4. The molecule has 2 fully saturated rings. The lowest BCUT2D eigenvalue weighted by Crippen LogP contribution is -2.39. The molecule has 0 amide bonds. The fourth-order valence-electron chi connectivity index (χ4n) is 3.43. The van der Waals surface area contributed by atoms with Crippen molar-refractivity contribution in [3.05, 3.63) is 23.9 Å². The summed E-state index contributed by atoms with van der Waals surface area (Å²) in [7, 11) is 0. The quantitative estimate of drug-likeness (QED) is 0.847. The number of hydrogen-bond acceptors (Lipinski definition) is 4. The lowest BCUT2D eigenvalue weighted by Gasteiger charge is -2.38. The maximum atomic E-state index is 5.47. The fraction of sp³-hybridized carbons (Fsp3) is 0.688. The van der Waals surface area contributed by atoms with E-state index in [-0.39, 0.29) is 0 Å². The molecule has 2 saturated heterocycles. The maximum Gasteiger partial charge on any atom is 0.133 e. The molecule has 20 heavy (non-hydrogen) atoms. The molecular formula is C16H25N3O. The van der Waals surface area contributed by atoms with E-state index in [1.165, 1.54) is 37.2 Å². The van der Waals surface area contributed by atoms with Gasteiger partial charge in [-0.25, -0.2) is 4.98 Å². The topological polar surface area (TPSA) is 28.6 Å². The smallest absolute Gasteiger partial charge is 0.133 e. The standard InChI is InChI=1S/C16H25N3O/c1-2-18-9-4-3-7-15(18)14-6-5-8-17-16(14)19-10-12-20-13-11-19/h5-6,8,15H,2-4,7,9-13H2,1H3. The number of aromatic nitrogens is 1. The Morgan fingerprint density at radius 3 is 2.90 bits per heavy atom. The van der Waals surface area contributed by atoms with Crippen LogP contribution in [0.2, 0.25) is 0 Å². The van der Waals surface area contributed by atoms with Crippen LogP contribution in [0.4, 0.5) is 5.82 Å². The molecular weight excluding hydrogens is 250 g/mol. The SMILES string of the molecule is CCN1CCCCC1c1cccnc1N1CCOCC1. The van der Waals surface area contributed by atoms with Crippen molar-refractivity contribution in [2.75, 3.05) is 44.3 Å². The van der Waals surface area contributed by atoms with E-state index < -0.39 is 0 Å². The molecule has 0 spiro atoms. The summed E-state index contributed by atoms with van der Waals surface area (Å²) < 4.78 is 5.47. The van der Waals surface area contributed by atoms with Gasteiger partial charge in [-0.15, -0.1) is 0 Å². The molecule has 0 N–H and O–H groups in total. The number of pyridine rings is 1. The van der Waals surface area contributed by atoms with Crippen LogP contribution in [0.3, 0.4) is 0 Å². The highest BCUT2D eigenvalue weighted by Crippen LogP contribution is 2.35. The molecule has 0 radical (unpaired) electrons. The summed E-state index contributed by atoms with van der Waals surface area (Å²) in [5.41, 5.74) is 1.41. The van der Waals surface area contributed by atoms with Crippen LogP contribution >= 0.6 is 0 Å². The molecule has 1 atom stereocenters. The minimum Gasteiger partial charge on any atom is -0.378 e. The van der Waals surface area contributed by atoms with E-state index in [0.29, 0.717) is 6.04 Å². The van der Waals surface area contributed by atoms with E-state index in [2.05, 4.69) is 28.9 Å². The minimum atomic E-state index is 0.542. The molecule has 2 aliphatic rings. The Morgan fingerprint density at radius 1 is 1.25 bits per heavy atom. The van der Waals surface area contributed by atoms with Crippen LogP contribution < -0.4 is 4.90 Å². The fourth-order valence-corrected chi connectivity index (χ4v) is 3.43. The minimum absolute atomic E-state index is 0.542. The summed E-state index contributed by atoms with van der Waals surface area (Å²) >= 11 is 0. The molecule has 1 aromatic rings. The number of rotatable bonds is 3. The number of piperidine rings is 1. The van der Waals surface area contributed by atoms with Crippen LogP contribution in [-0.4, -0.2) is 49.3 Å². The second kappa shape index (κ2) is 6.55. The molecule has 110 valence electrons. The Labute approximate surface area is 121 Å². The molecule has 4 heteroatoms. The van der Waals surface area contributed by atoms with Crippen LogP contribution in [0.15, 0.2) is 18.3 Å². The summed E-state index contributed by atoms with van der Waals surface area (Å²) in [5, 5.41) is 0. The van der Waals surface area contributed by atoms with Crippen molar-refractivity contribution >= 4 is 5.82 Å². The predicted octanol–water partition coefficient (Wildman–Crippen LogP) is 2.47. The van der Waals surface area contributed by atoms with Gasteiger partial charge in [0.25, 0.3) is 0 Å². The average molecular weight is 275 g/mol. The van der Waals surface area contributed by atoms with Crippen LogP contribution in [0, 0.1) is 0 Å². The third-order valence-corrected chi connectivity index (χ3v) is 4.51. The third-order valence-electron chi connectivity index (χ3n) is 4.51. The molecule has 1 unspecified atom stereocenters. The highest BCUT2D eigenvalue weighted by Gasteiger charge is 2.27. The zero-order chi connectivity index (χ0) is 13.8. The largest absolute Gasteiger partial charge is 0.378 e. The molecule has 0 bridgehead atoms. The van der Waals surface area contributed by atoms with Crippen LogP contribution in [-0.2, 0) is 4.74 Å². The van der Waals surface area contributed by atoms with Crippen LogP contribution in [0.1, 0.15) is 37.8 Å². The maximum absolute atomic E-state index is 5.47. The lowest BCUT2D eigenvalue weighted by atomic mass is 9.95. The highest BCUT2D eigenvalue weighted by molar-refractivity contribution is 5.49. The second-order valence-corrected chi connectivity index (χ2v) is 5.66. The average Bonchev–Trinajstić information content (AvgIpc) is 2.55. The Kier molecular flexibility index (Phi) is 4.53. The monoisotopic (exact) mass is 275 g/mol. The van der Waals surface area contributed by atoms with Gasteiger partial charge in [0.1, 0.15) is 5.82 Å². The predicted molar refractivity (Wildman–Crippen MR) is 81.1 cm³/mol. The number of ether oxygens (including phenoxy) is 1. The second-order valence-electron chi connectivity index (χ2n) is 5.66. The van der Waals surface area contributed by atoms with Gasteiger partial charge in [0.05, 0.1) is 13.2 Å². The molecule has 1 aromatic heterocycles. The van der Waals surface area contributed by atoms with Gasteiger partial charge >= 0.3 is 0 Å². The van der Waals surface area contributed by atoms with Crippen molar-refractivity contribution in [2.24, 2.45) is 0 Å². The summed E-state index contributed by atoms with van der Waals surface area (Å²) in [4.78, 5) is 9.68. The van der Waals surface area contributed by atoms with Gasteiger partial charge in [0.15, 0.2) is 0 Å². The Balaban J connectivity index is 1.87. The van der Waals surface area contributed by atoms with E-state index in [1.54, 1.807) is 0 Å². The zero-order valence-electron chi connectivity index (χ0n) is 12.4. The van der Waals surface area contributed by atoms with Crippen molar-refractivity contribution in [2.45, 2.75) is 32.2 Å². The van der Waals surface area contributed by atoms with E-state index in [4.69, 9.17) is 9.72 Å². The van der Waals surface area contributed by atoms with E-state index in [9.17, 15) is 0 Å². The van der Waals surface area contributed by atoms with Crippen molar-refractivity contribution in [1.29, 1.82) is 0 Å². The van der Waals surface area contributed by atoms with Gasteiger partial charge in [-0.3, -0.25) is 4.90 Å². The number of anilines is 1. The first kappa shape index (κ1) is 13.8. The summed E-state index contributed by atoms with van der Waals surface area (Å²) in [6.45, 7) is 8.17. The van der Waals surface area contributed by atoms with Gasteiger partial charge in [-0.2, -0.15) is 0 Å². The van der Waals surface area contributed by atoms with E-state index in [0.717, 1.165) is 32.8 Å². The van der Waals surface area contributed by atoms with Gasteiger partial charge in [0.2, 0.25) is 0 Å². The molecule has 2 aliphatic heterocycles. The third kappa shape index (κ3) is 2.81. The molecule has 0 aliphatic carbocycles. The van der Waals surface area contributed by atoms with Crippen LogP contribution in [0.25, 0.3) is 0 Å². The Hall–Kier alpha value is -1.13. The Bertz CT molecular complexity index is 431. The summed E-state index contributed by atoms with van der Waals surface area (Å²) in [5.74, 6) is 1.18. The summed E-state index contributed by atoms with van der Waals surface area (Å²) in [6, 6.07) is 4.90. The van der Waals surface area contributed by atoms with Gasteiger partial charge in [-0.1, -0.05) is 19.4 Å². The van der Waals surface area contributed by atoms with Gasteiger partial charge in [0, 0.05) is 30.9 Å². The number of morpholine rings is 1. The Morgan fingerprint density at radius 2 is 2.10 bits per heavy atom. The van der Waals surface area contributed by atoms with Gasteiger partial charge in [-0.05, 0) is 32.0 Å². The molecule has 3 rings (SSSR count). The first-order valence-electron chi connectivity index (χ1n) is 7.92. The highest BCUT2D eigenvalue weighted by atomic mass is 16.5. The molecule has 0 saturated carbocycles. The van der Waals surface area contributed by atoms with Gasteiger partial charge < -0.3 is 9.64 Å². The van der Waals surface area contributed by atoms with Crippen molar-refractivity contribution < 1.29 is 4.74 Å². The van der Waals surface area contributed by atoms with E-state index in [1.807, 2.05) is 6.20 Å². The number of likely N-dealkylation sites (tertiary alicyclic amines) is 1. The van der Waals surface area contributed by atoms with Crippen LogP contribution in [0.5, 0.6) is 0 Å². The normalized spacial score (nSPS) is 24.9. The first-order valence-corrected chi connectivity index (χ1v) is 7.92. The van der Waals surface area contributed by atoms with Crippen molar-refractivity contribution in [3.63, 3.8) is 0 Å². The van der Waals surface area contributed by atoms with E-state index >= 15 is 0 Å². The molecule has 0 aromatic carbocycles. The molecule has 3 heterocycles.